The van der Waals surface area contributed by atoms with Crippen LogP contribution in [0.5, 0.6) is 0 Å². The Kier molecular flexibility index (Phi) is 7.00. The van der Waals surface area contributed by atoms with Crippen molar-refractivity contribution < 1.29 is 8.42 Å². The first-order valence-corrected chi connectivity index (χ1v) is 10.7. The molecule has 1 fully saturated rings. The summed E-state index contributed by atoms with van der Waals surface area (Å²) in [7, 11) is -1.56. The monoisotopic (exact) mass is 373 g/mol. The van der Waals surface area contributed by atoms with Crippen LogP contribution < -0.4 is 15.4 Å². The number of sulfonamides is 1. The highest BCUT2D eigenvalue weighted by atomic mass is 32.2. The van der Waals surface area contributed by atoms with E-state index in [0.29, 0.717) is 31.5 Å². The fourth-order valence-electron chi connectivity index (χ4n) is 2.44. The van der Waals surface area contributed by atoms with Crippen LogP contribution >= 0.6 is 11.3 Å². The van der Waals surface area contributed by atoms with Gasteiger partial charge in [0.15, 0.2) is 5.96 Å². The molecule has 136 valence electrons. The SMILES string of the molecule is CN=C(NCCS(=O)(=O)NCC1CCC1)NCc1sc(C)nc1C. The third-order valence-electron chi connectivity index (χ3n) is 4.12. The molecule has 1 heterocycles. The molecule has 0 aromatic carbocycles. The molecule has 3 N–H and O–H groups in total. The van der Waals surface area contributed by atoms with Crippen molar-refractivity contribution in [3.63, 3.8) is 0 Å². The maximum absolute atomic E-state index is 12.0. The number of nitrogens with zero attached hydrogens (tertiary/aromatic N) is 2. The van der Waals surface area contributed by atoms with Gasteiger partial charge in [-0.05, 0) is 32.6 Å². The molecule has 0 radical (unpaired) electrons. The van der Waals surface area contributed by atoms with Gasteiger partial charge in [-0.3, -0.25) is 4.99 Å². The number of hydrogen-bond acceptors (Lipinski definition) is 5. The molecule has 1 aliphatic carbocycles. The van der Waals surface area contributed by atoms with Gasteiger partial charge in [0.2, 0.25) is 10.0 Å². The van der Waals surface area contributed by atoms with Gasteiger partial charge >= 0.3 is 0 Å². The molecule has 2 rings (SSSR count). The first-order valence-electron chi connectivity index (χ1n) is 8.24. The summed E-state index contributed by atoms with van der Waals surface area (Å²) in [5.74, 6) is 1.15. The molecule has 0 bridgehead atoms. The first kappa shape index (κ1) is 19.1. The van der Waals surface area contributed by atoms with E-state index in [9.17, 15) is 8.42 Å². The molecule has 1 aliphatic rings. The van der Waals surface area contributed by atoms with Crippen LogP contribution in [0.25, 0.3) is 0 Å². The molecule has 0 amide bonds. The average Bonchev–Trinajstić information content (AvgIpc) is 2.78. The standard InChI is InChI=1S/C15H27N5O2S2/c1-11-14(23-12(2)20-11)10-18-15(16-3)17-7-8-24(21,22)19-9-13-5-4-6-13/h13,19H,4-10H2,1-3H3,(H2,16,17,18). The minimum absolute atomic E-state index is 0.0408. The number of nitrogens with one attached hydrogen (secondary N) is 3. The van der Waals surface area contributed by atoms with Crippen molar-refractivity contribution in [2.24, 2.45) is 10.9 Å². The minimum Gasteiger partial charge on any atom is -0.355 e. The smallest absolute Gasteiger partial charge is 0.213 e. The van der Waals surface area contributed by atoms with E-state index in [0.717, 1.165) is 28.4 Å². The Morgan fingerprint density at radius 3 is 2.62 bits per heavy atom. The normalized spacial score (nSPS) is 16.0. The molecular formula is C15H27N5O2S2. The lowest BCUT2D eigenvalue weighted by Gasteiger charge is -2.25. The number of aryl methyl sites for hydroxylation is 2. The molecule has 0 unspecified atom stereocenters. The number of guanidine groups is 1. The van der Waals surface area contributed by atoms with Crippen molar-refractivity contribution in [3.05, 3.63) is 15.6 Å². The number of thiazole rings is 1. The second-order valence-corrected chi connectivity index (χ2v) is 9.27. The van der Waals surface area contributed by atoms with E-state index >= 15 is 0 Å². The zero-order chi connectivity index (χ0) is 17.6. The Balaban J connectivity index is 1.69. The molecule has 7 nitrogen and oxygen atoms in total. The van der Waals surface area contributed by atoms with E-state index in [1.165, 1.54) is 6.42 Å². The van der Waals surface area contributed by atoms with E-state index in [1.54, 1.807) is 18.4 Å². The van der Waals surface area contributed by atoms with Crippen molar-refractivity contribution in [2.75, 3.05) is 25.9 Å². The Morgan fingerprint density at radius 1 is 1.33 bits per heavy atom. The Hall–Kier alpha value is -1.19. The molecular weight excluding hydrogens is 346 g/mol. The van der Waals surface area contributed by atoms with Crippen LogP contribution in [0.3, 0.4) is 0 Å². The van der Waals surface area contributed by atoms with E-state index in [4.69, 9.17) is 0 Å². The van der Waals surface area contributed by atoms with Gasteiger partial charge in [-0.15, -0.1) is 11.3 Å². The summed E-state index contributed by atoms with van der Waals surface area (Å²) in [6, 6.07) is 0. The van der Waals surface area contributed by atoms with Crippen molar-refractivity contribution in [1.29, 1.82) is 0 Å². The highest BCUT2D eigenvalue weighted by Crippen LogP contribution is 2.25. The number of rotatable bonds is 8. The van der Waals surface area contributed by atoms with E-state index < -0.39 is 10.0 Å². The van der Waals surface area contributed by atoms with E-state index in [1.807, 2.05) is 13.8 Å². The Bertz CT molecular complexity index is 665. The Labute approximate surface area is 148 Å². The van der Waals surface area contributed by atoms with Crippen molar-refractivity contribution in [1.82, 2.24) is 20.3 Å². The molecule has 0 aliphatic heterocycles. The van der Waals surface area contributed by atoms with Crippen LogP contribution in [0.2, 0.25) is 0 Å². The summed E-state index contributed by atoms with van der Waals surface area (Å²) in [6.45, 7) is 5.48. The van der Waals surface area contributed by atoms with Gasteiger partial charge < -0.3 is 10.6 Å². The fraction of sp³-hybridized carbons (Fsp3) is 0.733. The summed E-state index contributed by atoms with van der Waals surface area (Å²) >= 11 is 1.65. The molecule has 9 heteroatoms. The minimum atomic E-state index is -3.23. The van der Waals surface area contributed by atoms with Crippen LogP contribution in [0.15, 0.2) is 4.99 Å². The lowest BCUT2D eigenvalue weighted by atomic mass is 9.86. The van der Waals surface area contributed by atoms with Crippen LogP contribution in [-0.2, 0) is 16.6 Å². The molecule has 0 saturated heterocycles. The summed E-state index contributed by atoms with van der Waals surface area (Å²) in [6.07, 6.45) is 3.48. The van der Waals surface area contributed by atoms with Gasteiger partial charge in [0, 0.05) is 25.0 Å². The lowest BCUT2D eigenvalue weighted by molar-refractivity contribution is 0.316. The van der Waals surface area contributed by atoms with E-state index in [-0.39, 0.29) is 5.75 Å². The maximum atomic E-state index is 12.0. The van der Waals surface area contributed by atoms with E-state index in [2.05, 4.69) is 25.3 Å². The third kappa shape index (κ3) is 6.03. The molecule has 1 aromatic heterocycles. The molecule has 1 saturated carbocycles. The van der Waals surface area contributed by atoms with Gasteiger partial charge in [-0.25, -0.2) is 18.1 Å². The summed E-state index contributed by atoms with van der Waals surface area (Å²) in [5, 5.41) is 7.27. The first-order chi connectivity index (χ1) is 11.4. The van der Waals surface area contributed by atoms with Crippen LogP contribution in [0.4, 0.5) is 0 Å². The van der Waals surface area contributed by atoms with Gasteiger partial charge in [-0.2, -0.15) is 0 Å². The van der Waals surface area contributed by atoms with Gasteiger partial charge in [-0.1, -0.05) is 6.42 Å². The number of hydrogen-bond donors (Lipinski definition) is 3. The number of aromatic nitrogens is 1. The highest BCUT2D eigenvalue weighted by molar-refractivity contribution is 7.89. The summed E-state index contributed by atoms with van der Waals surface area (Å²) in [4.78, 5) is 9.66. The largest absolute Gasteiger partial charge is 0.355 e. The van der Waals surface area contributed by atoms with Gasteiger partial charge in [0.1, 0.15) is 0 Å². The second-order valence-electron chi connectivity index (χ2n) is 6.06. The van der Waals surface area contributed by atoms with Crippen LogP contribution in [0.1, 0.15) is 34.8 Å². The van der Waals surface area contributed by atoms with Crippen molar-refractivity contribution >= 4 is 27.3 Å². The fourth-order valence-corrected chi connectivity index (χ4v) is 4.32. The summed E-state index contributed by atoms with van der Waals surface area (Å²) < 4.78 is 26.6. The summed E-state index contributed by atoms with van der Waals surface area (Å²) in [5.41, 5.74) is 1.02. The van der Waals surface area contributed by atoms with Crippen LogP contribution in [0, 0.1) is 19.8 Å². The van der Waals surface area contributed by atoms with Crippen molar-refractivity contribution in [2.45, 2.75) is 39.7 Å². The van der Waals surface area contributed by atoms with Gasteiger partial charge in [0.05, 0.1) is 23.0 Å². The van der Waals surface area contributed by atoms with Crippen LogP contribution in [-0.4, -0.2) is 45.3 Å². The Morgan fingerprint density at radius 2 is 2.08 bits per heavy atom. The molecule has 1 aromatic rings. The zero-order valence-corrected chi connectivity index (χ0v) is 16.2. The average molecular weight is 374 g/mol. The predicted molar refractivity (Wildman–Crippen MR) is 98.9 cm³/mol. The predicted octanol–water partition coefficient (Wildman–Crippen LogP) is 1.14. The number of aliphatic imine (C=N–C) groups is 1. The topological polar surface area (TPSA) is 95.5 Å². The quantitative estimate of drug-likeness (QED) is 0.469. The molecule has 24 heavy (non-hydrogen) atoms. The van der Waals surface area contributed by atoms with Crippen molar-refractivity contribution in [3.8, 4) is 0 Å². The molecule has 0 spiro atoms. The highest BCUT2D eigenvalue weighted by Gasteiger charge is 2.20. The lowest BCUT2D eigenvalue weighted by Crippen LogP contribution is -2.41. The molecule has 0 atom stereocenters. The maximum Gasteiger partial charge on any atom is 0.213 e. The van der Waals surface area contributed by atoms with Gasteiger partial charge in [0.25, 0.3) is 0 Å². The second kappa shape index (κ2) is 8.77. The third-order valence-corrected chi connectivity index (χ3v) is 6.54. The zero-order valence-electron chi connectivity index (χ0n) is 14.6.